The normalized spacial score (nSPS) is 11.3. The summed E-state index contributed by atoms with van der Waals surface area (Å²) in [4.78, 5) is 10.2. The van der Waals surface area contributed by atoms with E-state index in [4.69, 9.17) is 4.52 Å². The van der Waals surface area contributed by atoms with E-state index in [1.807, 2.05) is 0 Å². The van der Waals surface area contributed by atoms with Gasteiger partial charge in [0.15, 0.2) is 5.00 Å². The molecule has 0 saturated heterocycles. The van der Waals surface area contributed by atoms with Gasteiger partial charge in [-0.1, -0.05) is 16.5 Å². The number of nitrogens with zero attached hydrogens (tertiary/aromatic N) is 2. The molecule has 0 aliphatic rings. The van der Waals surface area contributed by atoms with Crippen LogP contribution in [0.4, 0.5) is 16.6 Å². The number of rotatable bonds is 5. The van der Waals surface area contributed by atoms with Gasteiger partial charge < -0.3 is 9.84 Å². The van der Waals surface area contributed by atoms with Gasteiger partial charge in [-0.25, -0.2) is 13.1 Å². The Balaban J connectivity index is 2.37. The van der Waals surface area contributed by atoms with Gasteiger partial charge in [-0.15, -0.1) is 0 Å². The van der Waals surface area contributed by atoms with Crippen molar-refractivity contribution in [3.63, 3.8) is 0 Å². The number of aromatic nitrogens is 1. The molecule has 0 aliphatic carbocycles. The third-order valence-electron chi connectivity index (χ3n) is 2.24. The zero-order chi connectivity index (χ0) is 14.9. The van der Waals surface area contributed by atoms with E-state index in [0.717, 1.165) is 17.4 Å². The highest BCUT2D eigenvalue weighted by Crippen LogP contribution is 2.37. The second kappa shape index (κ2) is 5.09. The van der Waals surface area contributed by atoms with Crippen molar-refractivity contribution in [3.8, 4) is 0 Å². The van der Waals surface area contributed by atoms with Crippen LogP contribution in [-0.2, 0) is 10.0 Å². The van der Waals surface area contributed by atoms with E-state index in [1.54, 1.807) is 6.92 Å². The largest absolute Gasteiger partial charge is 0.374 e. The van der Waals surface area contributed by atoms with Crippen LogP contribution in [-0.4, -0.2) is 25.5 Å². The smallest absolute Gasteiger partial charge is 0.304 e. The van der Waals surface area contributed by atoms with Crippen LogP contribution in [0.1, 0.15) is 5.69 Å². The number of hydrogen-bond donors (Lipinski definition) is 2. The van der Waals surface area contributed by atoms with Crippen LogP contribution in [0.2, 0.25) is 0 Å². The van der Waals surface area contributed by atoms with E-state index in [-0.39, 0.29) is 20.8 Å². The van der Waals surface area contributed by atoms with Gasteiger partial charge in [-0.3, -0.25) is 10.1 Å². The van der Waals surface area contributed by atoms with E-state index in [1.165, 1.54) is 13.1 Å². The monoisotopic (exact) mass is 318 g/mol. The molecule has 0 spiro atoms. The highest BCUT2D eigenvalue weighted by molar-refractivity contribution is 7.94. The van der Waals surface area contributed by atoms with E-state index >= 15 is 0 Å². The molecule has 2 aromatic heterocycles. The molecule has 108 valence electrons. The maximum Gasteiger partial charge on any atom is 0.304 e. The summed E-state index contributed by atoms with van der Waals surface area (Å²) in [6.07, 6.45) is 0. The van der Waals surface area contributed by atoms with E-state index < -0.39 is 14.9 Å². The van der Waals surface area contributed by atoms with Crippen LogP contribution in [0.25, 0.3) is 0 Å². The van der Waals surface area contributed by atoms with Crippen molar-refractivity contribution in [2.24, 2.45) is 0 Å². The Bertz CT molecular complexity index is 748. The summed E-state index contributed by atoms with van der Waals surface area (Å²) in [6.45, 7) is 1.64. The van der Waals surface area contributed by atoms with Crippen molar-refractivity contribution in [2.75, 3.05) is 17.1 Å². The maximum absolute atomic E-state index is 12.1. The molecule has 2 rings (SSSR count). The lowest BCUT2D eigenvalue weighted by Gasteiger charge is -2.00. The van der Waals surface area contributed by atoms with Crippen molar-refractivity contribution >= 4 is 37.9 Å². The molecule has 0 aromatic carbocycles. The summed E-state index contributed by atoms with van der Waals surface area (Å²) in [6, 6.07) is 2.39. The molecular formula is C9H10N4O5S2. The first kappa shape index (κ1) is 14.3. The molecule has 0 unspecified atom stereocenters. The Labute approximate surface area is 117 Å². The lowest BCUT2D eigenvalue weighted by atomic mass is 10.5. The first-order valence-corrected chi connectivity index (χ1v) is 7.55. The highest BCUT2D eigenvalue weighted by Gasteiger charge is 2.26. The zero-order valence-electron chi connectivity index (χ0n) is 10.4. The molecule has 0 bridgehead atoms. The number of nitrogens with one attached hydrogen (secondary N) is 2. The number of aryl methyl sites for hydroxylation is 1. The van der Waals surface area contributed by atoms with Crippen LogP contribution in [0.5, 0.6) is 0 Å². The summed E-state index contributed by atoms with van der Waals surface area (Å²) in [5.41, 5.74) is 0.211. The third-order valence-corrected chi connectivity index (χ3v) is 5.20. The average Bonchev–Trinajstić information content (AvgIpc) is 2.95. The molecule has 0 amide bonds. The van der Waals surface area contributed by atoms with Crippen molar-refractivity contribution in [2.45, 2.75) is 11.1 Å². The second-order valence-electron chi connectivity index (χ2n) is 3.72. The fraction of sp³-hybridized carbons (Fsp3) is 0.222. The lowest BCUT2D eigenvalue weighted by molar-refractivity contribution is -0.383. The molecule has 0 fully saturated rings. The van der Waals surface area contributed by atoms with E-state index in [9.17, 15) is 18.5 Å². The van der Waals surface area contributed by atoms with Gasteiger partial charge in [0.25, 0.3) is 10.0 Å². The molecule has 0 atom stereocenters. The molecule has 0 radical (unpaired) electrons. The Morgan fingerprint density at radius 1 is 1.45 bits per heavy atom. The fourth-order valence-electron chi connectivity index (χ4n) is 1.40. The quantitative estimate of drug-likeness (QED) is 0.635. The Kier molecular flexibility index (Phi) is 3.63. The summed E-state index contributed by atoms with van der Waals surface area (Å²) in [5.74, 6) is -0.0513. The summed E-state index contributed by atoms with van der Waals surface area (Å²) >= 11 is 0.756. The SMILES string of the molecule is CNc1sc(S(=O)(=O)Nc2cc(C)no2)cc1[N+](=O)[O-]. The van der Waals surface area contributed by atoms with Gasteiger partial charge >= 0.3 is 5.69 Å². The summed E-state index contributed by atoms with van der Waals surface area (Å²) in [5, 5.41) is 17.1. The Morgan fingerprint density at radius 3 is 2.60 bits per heavy atom. The van der Waals surface area contributed by atoms with Crippen LogP contribution < -0.4 is 10.0 Å². The van der Waals surface area contributed by atoms with Crippen molar-refractivity contribution in [3.05, 3.63) is 27.9 Å². The lowest BCUT2D eigenvalue weighted by Crippen LogP contribution is -2.10. The summed E-state index contributed by atoms with van der Waals surface area (Å²) < 4.78 is 30.9. The molecule has 0 saturated carbocycles. The van der Waals surface area contributed by atoms with Crippen molar-refractivity contribution in [1.29, 1.82) is 0 Å². The number of sulfonamides is 1. The Morgan fingerprint density at radius 2 is 2.15 bits per heavy atom. The molecule has 20 heavy (non-hydrogen) atoms. The number of hydrogen-bond acceptors (Lipinski definition) is 8. The highest BCUT2D eigenvalue weighted by atomic mass is 32.2. The average molecular weight is 318 g/mol. The molecule has 0 aliphatic heterocycles. The van der Waals surface area contributed by atoms with Gasteiger partial charge in [-0.2, -0.15) is 0 Å². The number of thiophene rings is 1. The first-order valence-electron chi connectivity index (χ1n) is 5.25. The zero-order valence-corrected chi connectivity index (χ0v) is 12.0. The minimum absolute atomic E-state index is 0.0513. The van der Waals surface area contributed by atoms with Gasteiger partial charge in [-0.05, 0) is 6.92 Å². The molecule has 2 heterocycles. The predicted molar refractivity (Wildman–Crippen MR) is 72.6 cm³/mol. The van der Waals surface area contributed by atoms with Gasteiger partial charge in [0.05, 0.1) is 10.6 Å². The van der Waals surface area contributed by atoms with E-state index in [2.05, 4.69) is 15.2 Å². The maximum atomic E-state index is 12.1. The van der Waals surface area contributed by atoms with Crippen molar-refractivity contribution in [1.82, 2.24) is 5.16 Å². The van der Waals surface area contributed by atoms with Crippen molar-refractivity contribution < 1.29 is 17.9 Å². The van der Waals surface area contributed by atoms with Crippen LogP contribution in [0.15, 0.2) is 20.9 Å². The minimum atomic E-state index is -3.95. The van der Waals surface area contributed by atoms with E-state index in [0.29, 0.717) is 5.69 Å². The first-order chi connectivity index (χ1) is 9.33. The number of nitro groups is 1. The Hall–Kier alpha value is -2.14. The molecular weight excluding hydrogens is 308 g/mol. The standard InChI is InChI=1S/C9H10N4O5S2/c1-5-3-7(18-11-5)12-20(16,17)8-4-6(13(14)15)9(10-2)19-8/h3-4,10,12H,1-2H3. The van der Waals surface area contributed by atoms with Crippen LogP contribution in [0, 0.1) is 17.0 Å². The molecule has 2 N–H and O–H groups in total. The van der Waals surface area contributed by atoms with Gasteiger partial charge in [0.2, 0.25) is 5.88 Å². The minimum Gasteiger partial charge on any atom is -0.374 e. The number of anilines is 2. The second-order valence-corrected chi connectivity index (χ2v) is 6.69. The molecule has 2 aromatic rings. The van der Waals surface area contributed by atoms with Crippen LogP contribution in [0.3, 0.4) is 0 Å². The predicted octanol–water partition coefficient (Wildman–Crippen LogP) is 1.80. The third kappa shape index (κ3) is 2.72. The van der Waals surface area contributed by atoms with Gasteiger partial charge in [0, 0.05) is 19.2 Å². The molecule has 11 heteroatoms. The topological polar surface area (TPSA) is 127 Å². The summed E-state index contributed by atoms with van der Waals surface area (Å²) in [7, 11) is -2.48. The molecule has 9 nitrogen and oxygen atoms in total. The van der Waals surface area contributed by atoms with Gasteiger partial charge in [0.1, 0.15) is 4.21 Å². The fourth-order valence-corrected chi connectivity index (χ4v) is 3.66. The van der Waals surface area contributed by atoms with Crippen LogP contribution >= 0.6 is 11.3 Å².